The Bertz CT molecular complexity index is 979. The van der Waals surface area contributed by atoms with Crippen LogP contribution in [0.1, 0.15) is 21.0 Å². The monoisotopic (exact) mass is 449 g/mol. The molecule has 0 spiro atoms. The van der Waals surface area contributed by atoms with Crippen molar-refractivity contribution in [1.29, 1.82) is 0 Å². The molecule has 3 aromatic rings. The zero-order valence-electron chi connectivity index (χ0n) is 15.8. The number of carbonyl (C=O) groups is 2. The number of methoxy groups -OCH3 is 2. The Morgan fingerprint density at radius 1 is 0.929 bits per heavy atom. The summed E-state index contributed by atoms with van der Waals surface area (Å²) >= 11 is 3.19. The first-order chi connectivity index (χ1) is 13.3. The fraction of sp³-hybridized carbons (Fsp3) is 0.222. The van der Waals surface area contributed by atoms with Gasteiger partial charge in [0.1, 0.15) is 4.60 Å². The number of ether oxygens (including phenoxy) is 2. The molecule has 0 atom stereocenters. The van der Waals surface area contributed by atoms with Crippen molar-refractivity contribution < 1.29 is 19.1 Å². The molecule has 10 heteroatoms. The van der Waals surface area contributed by atoms with E-state index in [1.165, 1.54) is 20.5 Å². The normalized spacial score (nSPS) is 10.0. The molecule has 148 valence electrons. The van der Waals surface area contributed by atoms with Crippen molar-refractivity contribution in [3.63, 3.8) is 0 Å². The van der Waals surface area contributed by atoms with Gasteiger partial charge in [-0.15, -0.1) is 0 Å². The van der Waals surface area contributed by atoms with Gasteiger partial charge in [0, 0.05) is 25.3 Å². The number of nitrogen functional groups attached to an aromatic ring is 1. The lowest BCUT2D eigenvalue weighted by molar-refractivity contribution is 0.0585. The van der Waals surface area contributed by atoms with Crippen molar-refractivity contribution in [1.82, 2.24) is 19.1 Å². The number of aryl methyl sites for hydroxylation is 2. The summed E-state index contributed by atoms with van der Waals surface area (Å²) in [5.74, 6) is -0.880. The van der Waals surface area contributed by atoms with E-state index in [-0.39, 0.29) is 0 Å². The Morgan fingerprint density at radius 2 is 1.43 bits per heavy atom. The first kappa shape index (κ1) is 21.2. The molecule has 1 aromatic carbocycles. The molecular formula is C18H20BrN5O4. The first-order valence-electron chi connectivity index (χ1n) is 8.00. The molecular weight excluding hydrogens is 430 g/mol. The number of imidazole rings is 2. The van der Waals surface area contributed by atoms with E-state index in [9.17, 15) is 9.59 Å². The van der Waals surface area contributed by atoms with Crippen LogP contribution >= 0.6 is 15.9 Å². The average molecular weight is 450 g/mol. The highest BCUT2D eigenvalue weighted by molar-refractivity contribution is 9.10. The Kier molecular flexibility index (Phi) is 6.94. The predicted molar refractivity (Wildman–Crippen MR) is 107 cm³/mol. The van der Waals surface area contributed by atoms with Crippen molar-refractivity contribution in [3.8, 4) is 11.3 Å². The second-order valence-corrected chi connectivity index (χ2v) is 6.40. The minimum absolute atomic E-state index is 0.301. The number of nitrogens with two attached hydrogens (primary N) is 1. The van der Waals surface area contributed by atoms with Crippen molar-refractivity contribution in [3.05, 3.63) is 52.9 Å². The third-order valence-electron chi connectivity index (χ3n) is 3.74. The Balaban J connectivity index is 0.000000221. The molecule has 0 saturated heterocycles. The summed E-state index contributed by atoms with van der Waals surface area (Å²) < 4.78 is 13.3. The lowest BCUT2D eigenvalue weighted by atomic mass is 10.1. The van der Waals surface area contributed by atoms with Crippen molar-refractivity contribution in [2.24, 2.45) is 14.1 Å². The number of hydrogen-bond acceptors (Lipinski definition) is 7. The smallest absolute Gasteiger partial charge is 0.359 e. The minimum Gasteiger partial charge on any atom is -0.464 e. The Morgan fingerprint density at radius 3 is 1.93 bits per heavy atom. The lowest BCUT2D eigenvalue weighted by Crippen LogP contribution is -2.04. The zero-order chi connectivity index (χ0) is 20.8. The van der Waals surface area contributed by atoms with E-state index in [1.807, 2.05) is 19.2 Å². The van der Waals surface area contributed by atoms with E-state index in [0.29, 0.717) is 21.7 Å². The van der Waals surface area contributed by atoms with Crippen LogP contribution in [0, 0.1) is 0 Å². The summed E-state index contributed by atoms with van der Waals surface area (Å²) in [6, 6.07) is 7.25. The third kappa shape index (κ3) is 4.58. The summed E-state index contributed by atoms with van der Waals surface area (Å²) in [4.78, 5) is 30.4. The van der Waals surface area contributed by atoms with Gasteiger partial charge >= 0.3 is 11.9 Å². The number of halogens is 1. The third-order valence-corrected chi connectivity index (χ3v) is 4.68. The molecule has 0 aliphatic rings. The van der Waals surface area contributed by atoms with E-state index in [0.717, 1.165) is 11.3 Å². The van der Waals surface area contributed by atoms with Gasteiger partial charge in [0.25, 0.3) is 0 Å². The molecule has 0 amide bonds. The molecule has 0 aliphatic carbocycles. The lowest BCUT2D eigenvalue weighted by Gasteiger charge is -2.05. The highest BCUT2D eigenvalue weighted by atomic mass is 79.9. The number of anilines is 1. The predicted octanol–water partition coefficient (Wildman–Crippen LogP) is 2.43. The summed E-state index contributed by atoms with van der Waals surface area (Å²) in [6.45, 7) is 0. The molecule has 2 heterocycles. The number of benzene rings is 1. The largest absolute Gasteiger partial charge is 0.464 e. The zero-order valence-corrected chi connectivity index (χ0v) is 17.4. The van der Waals surface area contributed by atoms with Gasteiger partial charge < -0.3 is 24.3 Å². The number of esters is 2. The second kappa shape index (κ2) is 9.18. The van der Waals surface area contributed by atoms with Gasteiger partial charge in [-0.1, -0.05) is 12.1 Å². The van der Waals surface area contributed by atoms with Gasteiger partial charge in [0.05, 0.1) is 32.6 Å². The van der Waals surface area contributed by atoms with Crippen LogP contribution in [0.4, 0.5) is 5.69 Å². The van der Waals surface area contributed by atoms with Crippen molar-refractivity contribution >= 4 is 33.6 Å². The highest BCUT2D eigenvalue weighted by Gasteiger charge is 2.18. The van der Waals surface area contributed by atoms with Gasteiger partial charge in [-0.3, -0.25) is 0 Å². The second-order valence-electron chi connectivity index (χ2n) is 5.65. The quantitative estimate of drug-likeness (QED) is 0.482. The van der Waals surface area contributed by atoms with E-state index in [4.69, 9.17) is 10.5 Å². The Labute approximate surface area is 170 Å². The van der Waals surface area contributed by atoms with Crippen molar-refractivity contribution in [2.45, 2.75) is 0 Å². The van der Waals surface area contributed by atoms with Crippen LogP contribution in [0.5, 0.6) is 0 Å². The number of nitrogens with zero attached hydrogens (tertiary/aromatic N) is 4. The average Bonchev–Trinajstić information content (AvgIpc) is 3.24. The van der Waals surface area contributed by atoms with E-state index in [2.05, 4.69) is 30.6 Å². The molecule has 0 saturated carbocycles. The fourth-order valence-electron chi connectivity index (χ4n) is 2.31. The van der Waals surface area contributed by atoms with Crippen LogP contribution < -0.4 is 5.73 Å². The number of carbonyl (C=O) groups excluding carboxylic acids is 2. The van der Waals surface area contributed by atoms with Crippen LogP contribution in [0.25, 0.3) is 11.3 Å². The van der Waals surface area contributed by atoms with E-state index in [1.54, 1.807) is 34.6 Å². The van der Waals surface area contributed by atoms with Gasteiger partial charge in [-0.2, -0.15) is 0 Å². The van der Waals surface area contributed by atoms with Crippen LogP contribution in [0.3, 0.4) is 0 Å². The molecule has 0 fully saturated rings. The van der Waals surface area contributed by atoms with E-state index < -0.39 is 11.9 Å². The van der Waals surface area contributed by atoms with Crippen LogP contribution in [0.2, 0.25) is 0 Å². The standard InChI is InChI=1S/C12H13N3O2.C6H7BrN2O2/c1-15-7-14-10(12(16)17-2)11(15)8-3-5-9(13)6-4-8;1-9-3-8-4(5(9)7)6(10)11-2/h3-7H,13H2,1-2H3;3H,1-2H3. The molecule has 0 aliphatic heterocycles. The van der Waals surface area contributed by atoms with Crippen LogP contribution in [-0.2, 0) is 23.6 Å². The maximum Gasteiger partial charge on any atom is 0.359 e. The van der Waals surface area contributed by atoms with Gasteiger partial charge in [0.15, 0.2) is 11.4 Å². The molecule has 2 N–H and O–H groups in total. The Hall–Kier alpha value is -3.14. The van der Waals surface area contributed by atoms with Crippen molar-refractivity contribution in [2.75, 3.05) is 20.0 Å². The maximum absolute atomic E-state index is 11.6. The molecule has 2 aromatic heterocycles. The first-order valence-corrected chi connectivity index (χ1v) is 8.80. The van der Waals surface area contributed by atoms with Gasteiger partial charge in [0.2, 0.25) is 0 Å². The number of hydrogen-bond donors (Lipinski definition) is 1. The topological polar surface area (TPSA) is 114 Å². The fourth-order valence-corrected chi connectivity index (χ4v) is 2.66. The number of aromatic nitrogens is 4. The molecule has 0 bridgehead atoms. The molecule has 3 rings (SSSR count). The summed E-state index contributed by atoms with van der Waals surface area (Å²) in [5, 5.41) is 0. The summed E-state index contributed by atoms with van der Waals surface area (Å²) in [7, 11) is 6.27. The van der Waals surface area contributed by atoms with E-state index >= 15 is 0 Å². The van der Waals surface area contributed by atoms with Crippen LogP contribution in [-0.4, -0.2) is 45.3 Å². The maximum atomic E-state index is 11.6. The molecule has 9 nitrogen and oxygen atoms in total. The molecule has 28 heavy (non-hydrogen) atoms. The summed E-state index contributed by atoms with van der Waals surface area (Å²) in [6.07, 6.45) is 3.12. The molecule has 0 radical (unpaired) electrons. The van der Waals surface area contributed by atoms with Gasteiger partial charge in [-0.25, -0.2) is 19.6 Å². The highest BCUT2D eigenvalue weighted by Crippen LogP contribution is 2.24. The summed E-state index contributed by atoms with van der Waals surface area (Å²) in [5.41, 5.74) is 8.50. The van der Waals surface area contributed by atoms with Crippen LogP contribution in [0.15, 0.2) is 41.5 Å². The van der Waals surface area contributed by atoms with Gasteiger partial charge in [-0.05, 0) is 28.1 Å². The molecule has 0 unspecified atom stereocenters. The number of rotatable bonds is 3. The SMILES string of the molecule is COC(=O)c1ncn(C)c1-c1ccc(N)cc1.COC(=O)c1ncn(C)c1Br. The minimum atomic E-state index is -0.447.